The number of rotatable bonds is 8. The summed E-state index contributed by atoms with van der Waals surface area (Å²) in [6, 6.07) is 7.75. The number of morpholine rings is 2. The van der Waals surface area contributed by atoms with Crippen LogP contribution in [0.25, 0.3) is 22.4 Å². The van der Waals surface area contributed by atoms with Crippen LogP contribution in [0, 0.1) is 0 Å². The van der Waals surface area contributed by atoms with E-state index in [4.69, 9.17) is 23.3 Å². The van der Waals surface area contributed by atoms with Gasteiger partial charge in [-0.1, -0.05) is 0 Å². The standard InChI is InChI=1S/C26H31N7O5/c1-31(4-5-32-6-10-35-11-7-32)26-30-20-14-21(33-8-12-36-13-9-33)19(15-24(20)38-26)29-25(34)23-3-2-22(37-23)18-16-27-28-17-18/h2-3,14-17H,4-13H2,1H3,(H,27,28)(H,29,34). The zero-order valence-electron chi connectivity index (χ0n) is 21.3. The predicted molar refractivity (Wildman–Crippen MR) is 142 cm³/mol. The van der Waals surface area contributed by atoms with Crippen molar-refractivity contribution in [2.45, 2.75) is 0 Å². The van der Waals surface area contributed by atoms with Gasteiger partial charge in [-0.2, -0.15) is 10.1 Å². The molecular weight excluding hydrogens is 490 g/mol. The highest BCUT2D eigenvalue weighted by Crippen LogP contribution is 2.34. The molecule has 0 atom stereocenters. The van der Waals surface area contributed by atoms with E-state index in [1.807, 2.05) is 24.1 Å². The minimum atomic E-state index is -0.351. The molecule has 2 aliphatic heterocycles. The third kappa shape index (κ3) is 5.23. The van der Waals surface area contributed by atoms with Gasteiger partial charge in [-0.3, -0.25) is 14.8 Å². The second-order valence-electron chi connectivity index (χ2n) is 9.41. The van der Waals surface area contributed by atoms with Crippen LogP contribution in [0.4, 0.5) is 17.4 Å². The molecule has 2 aliphatic rings. The first-order valence-electron chi connectivity index (χ1n) is 12.8. The van der Waals surface area contributed by atoms with Gasteiger partial charge in [0.25, 0.3) is 11.9 Å². The van der Waals surface area contributed by atoms with Crippen molar-refractivity contribution in [3.63, 3.8) is 0 Å². The van der Waals surface area contributed by atoms with Crippen molar-refractivity contribution >= 4 is 34.4 Å². The number of anilines is 3. The number of oxazole rings is 1. The van der Waals surface area contributed by atoms with Crippen LogP contribution in [0.2, 0.25) is 0 Å². The van der Waals surface area contributed by atoms with Crippen molar-refractivity contribution in [3.8, 4) is 11.3 Å². The molecule has 2 fully saturated rings. The lowest BCUT2D eigenvalue weighted by molar-refractivity contribution is 0.0392. The molecule has 12 nitrogen and oxygen atoms in total. The minimum Gasteiger partial charge on any atom is -0.451 e. The molecule has 200 valence electrons. The Morgan fingerprint density at radius 3 is 2.63 bits per heavy atom. The highest BCUT2D eigenvalue weighted by Gasteiger charge is 2.22. The van der Waals surface area contributed by atoms with Gasteiger partial charge in [0.15, 0.2) is 11.3 Å². The van der Waals surface area contributed by atoms with Crippen LogP contribution in [0.1, 0.15) is 10.6 Å². The molecule has 5 heterocycles. The first-order valence-corrected chi connectivity index (χ1v) is 12.8. The van der Waals surface area contributed by atoms with Gasteiger partial charge in [0.05, 0.1) is 49.6 Å². The third-order valence-corrected chi connectivity index (χ3v) is 6.89. The number of nitrogens with one attached hydrogen (secondary N) is 2. The summed E-state index contributed by atoms with van der Waals surface area (Å²) in [4.78, 5) is 24.5. The van der Waals surface area contributed by atoms with E-state index in [1.165, 1.54) is 0 Å². The van der Waals surface area contributed by atoms with Crippen molar-refractivity contribution < 1.29 is 23.1 Å². The summed E-state index contributed by atoms with van der Waals surface area (Å²) in [7, 11) is 1.98. The Morgan fingerprint density at radius 2 is 1.87 bits per heavy atom. The van der Waals surface area contributed by atoms with Crippen LogP contribution in [0.3, 0.4) is 0 Å². The zero-order chi connectivity index (χ0) is 25.9. The zero-order valence-corrected chi connectivity index (χ0v) is 21.3. The third-order valence-electron chi connectivity index (χ3n) is 6.89. The van der Waals surface area contributed by atoms with Gasteiger partial charge in [0, 0.05) is 58.6 Å². The molecular formula is C26H31N7O5. The number of amides is 1. The van der Waals surface area contributed by atoms with Crippen LogP contribution in [-0.4, -0.2) is 98.7 Å². The number of aromatic amines is 1. The van der Waals surface area contributed by atoms with E-state index in [-0.39, 0.29) is 11.7 Å². The lowest BCUT2D eigenvalue weighted by Gasteiger charge is -2.30. The maximum absolute atomic E-state index is 13.2. The van der Waals surface area contributed by atoms with Crippen LogP contribution >= 0.6 is 0 Å². The average molecular weight is 522 g/mol. The number of benzene rings is 1. The number of hydrogen-bond donors (Lipinski definition) is 2. The molecule has 1 aromatic carbocycles. The first kappa shape index (κ1) is 24.5. The molecule has 2 saturated heterocycles. The lowest BCUT2D eigenvalue weighted by Crippen LogP contribution is -2.40. The fraction of sp³-hybridized carbons (Fsp3) is 0.423. The topological polar surface area (TPSA) is 125 Å². The predicted octanol–water partition coefficient (Wildman–Crippen LogP) is 2.67. The Labute approximate surface area is 219 Å². The molecule has 3 aromatic heterocycles. The van der Waals surface area contributed by atoms with Gasteiger partial charge >= 0.3 is 0 Å². The van der Waals surface area contributed by atoms with E-state index >= 15 is 0 Å². The number of H-pyrrole nitrogens is 1. The SMILES string of the molecule is CN(CCN1CCOCC1)c1nc2cc(N3CCOCC3)c(NC(=O)c3ccc(-c4cn[nH]c4)o3)cc2o1. The van der Waals surface area contributed by atoms with Crippen LogP contribution in [0.5, 0.6) is 0 Å². The summed E-state index contributed by atoms with van der Waals surface area (Å²) in [6.45, 7) is 7.76. The van der Waals surface area contributed by atoms with Crippen LogP contribution in [-0.2, 0) is 9.47 Å². The van der Waals surface area contributed by atoms with Gasteiger partial charge in [0.2, 0.25) is 0 Å². The Kier molecular flexibility index (Phi) is 6.99. The van der Waals surface area contributed by atoms with E-state index in [1.54, 1.807) is 24.5 Å². The lowest BCUT2D eigenvalue weighted by atomic mass is 10.2. The number of nitrogens with zero attached hydrogens (tertiary/aromatic N) is 5. The van der Waals surface area contributed by atoms with Crippen molar-refractivity contribution in [2.24, 2.45) is 0 Å². The number of carbonyl (C=O) groups is 1. The number of ether oxygens (including phenoxy) is 2. The smallest absolute Gasteiger partial charge is 0.298 e. The van der Waals surface area contributed by atoms with Gasteiger partial charge < -0.3 is 33.4 Å². The minimum absolute atomic E-state index is 0.204. The van der Waals surface area contributed by atoms with Crippen LogP contribution in [0.15, 0.2) is 45.5 Å². The van der Waals surface area contributed by atoms with Crippen molar-refractivity contribution in [3.05, 3.63) is 42.4 Å². The van der Waals surface area contributed by atoms with E-state index in [0.717, 1.165) is 56.2 Å². The van der Waals surface area contributed by atoms with Crippen LogP contribution < -0.4 is 15.1 Å². The van der Waals surface area contributed by atoms with E-state index in [9.17, 15) is 4.79 Å². The van der Waals surface area contributed by atoms with Gasteiger partial charge in [0.1, 0.15) is 11.3 Å². The second kappa shape index (κ2) is 10.9. The molecule has 1 amide bonds. The maximum Gasteiger partial charge on any atom is 0.298 e. The normalized spacial score (nSPS) is 16.7. The monoisotopic (exact) mass is 521 g/mol. The highest BCUT2D eigenvalue weighted by molar-refractivity contribution is 6.06. The summed E-state index contributed by atoms with van der Waals surface area (Å²) in [6.07, 6.45) is 3.36. The molecule has 0 aliphatic carbocycles. The maximum atomic E-state index is 13.2. The van der Waals surface area contributed by atoms with Crippen molar-refractivity contribution in [2.75, 3.05) is 87.9 Å². The first-order chi connectivity index (χ1) is 18.6. The summed E-state index contributed by atoms with van der Waals surface area (Å²) in [5.74, 6) is 0.416. The molecule has 4 aromatic rings. The van der Waals surface area contributed by atoms with Gasteiger partial charge in [-0.05, 0) is 18.2 Å². The number of carbonyl (C=O) groups excluding carboxylic acids is 1. The molecule has 0 radical (unpaired) electrons. The highest BCUT2D eigenvalue weighted by atomic mass is 16.5. The molecule has 38 heavy (non-hydrogen) atoms. The molecule has 12 heteroatoms. The van der Waals surface area contributed by atoms with Crippen molar-refractivity contribution in [1.82, 2.24) is 20.1 Å². The van der Waals surface area contributed by atoms with E-state index in [0.29, 0.717) is 49.3 Å². The fourth-order valence-electron chi connectivity index (χ4n) is 4.68. The number of likely N-dealkylation sites (N-methyl/N-ethyl adjacent to an activating group) is 1. The number of aromatic nitrogens is 3. The molecule has 0 unspecified atom stereocenters. The Hall–Kier alpha value is -3.87. The summed E-state index contributed by atoms with van der Waals surface area (Å²) in [5.41, 5.74) is 3.60. The molecule has 0 spiro atoms. The quantitative estimate of drug-likeness (QED) is 0.357. The molecule has 0 bridgehead atoms. The number of hydrogen-bond acceptors (Lipinski definition) is 10. The Morgan fingerprint density at radius 1 is 1.08 bits per heavy atom. The Bertz CT molecular complexity index is 1370. The number of furan rings is 1. The fourth-order valence-corrected chi connectivity index (χ4v) is 4.68. The average Bonchev–Trinajstić information content (AvgIpc) is 3.73. The van der Waals surface area contributed by atoms with Crippen molar-refractivity contribution in [1.29, 1.82) is 0 Å². The molecule has 6 rings (SSSR count). The summed E-state index contributed by atoms with van der Waals surface area (Å²) < 4.78 is 22.9. The molecule has 2 N–H and O–H groups in total. The van der Waals surface area contributed by atoms with E-state index in [2.05, 4.69) is 25.3 Å². The van der Waals surface area contributed by atoms with E-state index < -0.39 is 0 Å². The summed E-state index contributed by atoms with van der Waals surface area (Å²) in [5, 5.41) is 9.71. The summed E-state index contributed by atoms with van der Waals surface area (Å²) >= 11 is 0. The largest absolute Gasteiger partial charge is 0.451 e. The Balaban J connectivity index is 1.24. The second-order valence-corrected chi connectivity index (χ2v) is 9.41. The number of fused-ring (bicyclic) bond motifs is 1. The van der Waals surface area contributed by atoms with Gasteiger partial charge in [-0.25, -0.2) is 0 Å². The molecule has 0 saturated carbocycles. The van der Waals surface area contributed by atoms with Gasteiger partial charge in [-0.15, -0.1) is 0 Å².